The van der Waals surface area contributed by atoms with Gasteiger partial charge in [-0.2, -0.15) is 13.2 Å². The molecule has 0 saturated carbocycles. The van der Waals surface area contributed by atoms with Gasteiger partial charge in [0.1, 0.15) is 17.2 Å². The Morgan fingerprint density at radius 1 is 0.804 bits per heavy atom. The largest absolute Gasteiger partial charge is 0.497 e. The number of hydrogen-bond acceptors (Lipinski definition) is 6. The zero-order chi connectivity index (χ0) is 33.3. The van der Waals surface area contributed by atoms with Crippen LogP contribution in [0.2, 0.25) is 0 Å². The van der Waals surface area contributed by atoms with E-state index in [0.29, 0.717) is 33.2 Å². The van der Waals surface area contributed by atoms with Gasteiger partial charge in [-0.15, -0.1) is 11.8 Å². The van der Waals surface area contributed by atoms with Crippen molar-refractivity contribution in [1.29, 1.82) is 0 Å². The normalized spacial score (nSPS) is 12.1. The highest BCUT2D eigenvalue weighted by molar-refractivity contribution is 8.00. The predicted octanol–water partition coefficient (Wildman–Crippen LogP) is 7.25. The minimum absolute atomic E-state index is 0.0265. The topological polar surface area (TPSA) is 106 Å². The van der Waals surface area contributed by atoms with Crippen LogP contribution in [0.15, 0.2) is 108 Å². The Hall–Kier alpha value is -5.23. The molecule has 0 bridgehead atoms. The first kappa shape index (κ1) is 33.7. The van der Waals surface area contributed by atoms with E-state index in [1.54, 1.807) is 79.7 Å². The van der Waals surface area contributed by atoms with Gasteiger partial charge in [0.05, 0.1) is 25.0 Å². The molecule has 238 valence electrons. The molecule has 0 aliphatic heterocycles. The zero-order valence-electron chi connectivity index (χ0n) is 25.0. The summed E-state index contributed by atoms with van der Waals surface area (Å²) < 4.78 is 49.9. The molecule has 0 fully saturated rings. The number of amides is 3. The molecule has 4 aromatic carbocycles. The van der Waals surface area contributed by atoms with Gasteiger partial charge in [0, 0.05) is 33.5 Å². The fraction of sp³-hybridized carbons (Fsp3) is 0.147. The Kier molecular flexibility index (Phi) is 11.1. The molecule has 8 nitrogen and oxygen atoms in total. The van der Waals surface area contributed by atoms with E-state index < -0.39 is 34.7 Å². The average molecular weight is 650 g/mol. The van der Waals surface area contributed by atoms with Crippen molar-refractivity contribution in [2.75, 3.05) is 24.9 Å². The standard InChI is InChI=1S/C34H30F3N3O5S/c1-21(31(41)38-25-12-7-11-24(18-25)34(35,36)37)46-28-14-8-13-26(19-28)39-33(43)29(40-32(42)22-9-5-4-6-10-22)17-23-15-16-27(44-2)20-30(23)45-3/h4-21H,1-3H3,(H,38,41)(H,39,43)(H,40,42)/b29-17+. The molecule has 3 N–H and O–H groups in total. The van der Waals surface area contributed by atoms with E-state index in [9.17, 15) is 27.6 Å². The van der Waals surface area contributed by atoms with E-state index in [1.807, 2.05) is 0 Å². The summed E-state index contributed by atoms with van der Waals surface area (Å²) in [6.45, 7) is 1.61. The lowest BCUT2D eigenvalue weighted by Crippen LogP contribution is -2.30. The first-order valence-corrected chi connectivity index (χ1v) is 14.7. The molecule has 46 heavy (non-hydrogen) atoms. The summed E-state index contributed by atoms with van der Waals surface area (Å²) >= 11 is 1.15. The molecule has 1 atom stereocenters. The lowest BCUT2D eigenvalue weighted by atomic mass is 10.1. The molecule has 0 aromatic heterocycles. The summed E-state index contributed by atoms with van der Waals surface area (Å²) in [5.41, 5.74) is 0.322. The maximum atomic E-state index is 13.5. The summed E-state index contributed by atoms with van der Waals surface area (Å²) in [5.74, 6) is -0.671. The SMILES string of the molecule is COc1ccc(/C=C(/NC(=O)c2ccccc2)C(=O)Nc2cccc(SC(C)C(=O)Nc3cccc(C(F)(F)F)c3)c2)c(OC)c1. The van der Waals surface area contributed by atoms with Gasteiger partial charge in [0.2, 0.25) is 5.91 Å². The number of nitrogens with one attached hydrogen (secondary N) is 3. The molecule has 12 heteroatoms. The minimum atomic E-state index is -4.54. The predicted molar refractivity (Wildman–Crippen MR) is 172 cm³/mol. The monoisotopic (exact) mass is 649 g/mol. The Balaban J connectivity index is 1.51. The maximum absolute atomic E-state index is 13.5. The first-order valence-electron chi connectivity index (χ1n) is 13.8. The van der Waals surface area contributed by atoms with Gasteiger partial charge in [-0.3, -0.25) is 14.4 Å². The number of carbonyl (C=O) groups excluding carboxylic acids is 3. The van der Waals surface area contributed by atoms with Crippen LogP contribution in [0.5, 0.6) is 11.5 Å². The van der Waals surface area contributed by atoms with Crippen LogP contribution in [-0.2, 0) is 15.8 Å². The molecule has 3 amide bonds. The highest BCUT2D eigenvalue weighted by Gasteiger charge is 2.30. The van der Waals surface area contributed by atoms with E-state index in [0.717, 1.165) is 23.9 Å². The zero-order valence-corrected chi connectivity index (χ0v) is 25.8. The Bertz CT molecular complexity index is 1750. The van der Waals surface area contributed by atoms with Gasteiger partial charge in [0.15, 0.2) is 0 Å². The van der Waals surface area contributed by atoms with E-state index >= 15 is 0 Å². The molecule has 1 unspecified atom stereocenters. The van der Waals surface area contributed by atoms with Crippen LogP contribution in [0.3, 0.4) is 0 Å². The smallest absolute Gasteiger partial charge is 0.416 e. The molecule has 0 heterocycles. The molecule has 0 aliphatic rings. The Morgan fingerprint density at radius 2 is 1.50 bits per heavy atom. The fourth-order valence-electron chi connectivity index (χ4n) is 4.16. The van der Waals surface area contributed by atoms with Gasteiger partial charge in [-0.25, -0.2) is 0 Å². The van der Waals surface area contributed by atoms with Crippen molar-refractivity contribution in [2.45, 2.75) is 23.2 Å². The van der Waals surface area contributed by atoms with Crippen LogP contribution in [0.25, 0.3) is 6.08 Å². The average Bonchev–Trinajstić information content (AvgIpc) is 3.04. The van der Waals surface area contributed by atoms with Crippen LogP contribution >= 0.6 is 11.8 Å². The van der Waals surface area contributed by atoms with Crippen molar-refractivity contribution < 1.29 is 37.0 Å². The maximum Gasteiger partial charge on any atom is 0.416 e. The van der Waals surface area contributed by atoms with Gasteiger partial charge in [0.25, 0.3) is 11.8 Å². The van der Waals surface area contributed by atoms with Crippen molar-refractivity contribution in [3.05, 3.63) is 119 Å². The van der Waals surface area contributed by atoms with Crippen LogP contribution < -0.4 is 25.4 Å². The number of ether oxygens (including phenoxy) is 2. The second-order valence-electron chi connectivity index (χ2n) is 9.80. The fourth-order valence-corrected chi connectivity index (χ4v) is 5.08. The minimum Gasteiger partial charge on any atom is -0.497 e. The van der Waals surface area contributed by atoms with E-state index in [2.05, 4.69) is 16.0 Å². The molecule has 0 saturated heterocycles. The van der Waals surface area contributed by atoms with Gasteiger partial charge in [-0.05, 0) is 73.7 Å². The first-order chi connectivity index (χ1) is 22.0. The van der Waals surface area contributed by atoms with Gasteiger partial charge < -0.3 is 25.4 Å². The number of anilines is 2. The molecule has 0 spiro atoms. The Morgan fingerprint density at radius 3 is 2.17 bits per heavy atom. The van der Waals surface area contributed by atoms with Crippen LogP contribution in [0, 0.1) is 0 Å². The highest BCUT2D eigenvalue weighted by atomic mass is 32.2. The molecular weight excluding hydrogens is 619 g/mol. The number of methoxy groups -OCH3 is 2. The van der Waals surface area contributed by atoms with E-state index in [1.165, 1.54) is 32.4 Å². The van der Waals surface area contributed by atoms with E-state index in [-0.39, 0.29) is 11.4 Å². The third-order valence-electron chi connectivity index (χ3n) is 6.50. The number of carbonyl (C=O) groups is 3. The Labute approximate surface area is 268 Å². The number of halogens is 3. The van der Waals surface area contributed by atoms with Gasteiger partial charge in [-0.1, -0.05) is 30.3 Å². The number of benzene rings is 4. The van der Waals surface area contributed by atoms with Crippen LogP contribution in [-0.4, -0.2) is 37.2 Å². The highest BCUT2D eigenvalue weighted by Crippen LogP contribution is 2.32. The number of rotatable bonds is 11. The summed E-state index contributed by atoms with van der Waals surface area (Å²) in [4.78, 5) is 39.9. The van der Waals surface area contributed by atoms with Crippen LogP contribution in [0.1, 0.15) is 28.4 Å². The van der Waals surface area contributed by atoms with E-state index in [4.69, 9.17) is 9.47 Å². The second-order valence-corrected chi connectivity index (χ2v) is 11.2. The quantitative estimate of drug-likeness (QED) is 0.117. The molecule has 0 radical (unpaired) electrons. The van der Waals surface area contributed by atoms with Crippen LogP contribution in [0.4, 0.5) is 24.5 Å². The van der Waals surface area contributed by atoms with Crippen molar-refractivity contribution in [1.82, 2.24) is 5.32 Å². The lowest BCUT2D eigenvalue weighted by Gasteiger charge is -2.15. The van der Waals surface area contributed by atoms with Crippen molar-refractivity contribution in [2.24, 2.45) is 0 Å². The lowest BCUT2D eigenvalue weighted by molar-refractivity contribution is -0.137. The van der Waals surface area contributed by atoms with Crippen molar-refractivity contribution >= 4 is 46.9 Å². The molecule has 4 aromatic rings. The summed E-state index contributed by atoms with van der Waals surface area (Å²) in [7, 11) is 2.98. The third kappa shape index (κ3) is 9.14. The summed E-state index contributed by atoms with van der Waals surface area (Å²) in [6.07, 6.45) is -3.06. The molecule has 4 rings (SSSR count). The summed E-state index contributed by atoms with van der Waals surface area (Å²) in [6, 6.07) is 24.5. The van der Waals surface area contributed by atoms with Gasteiger partial charge >= 0.3 is 6.18 Å². The molecule has 0 aliphatic carbocycles. The third-order valence-corrected chi connectivity index (χ3v) is 7.59. The second kappa shape index (κ2) is 15.2. The van der Waals surface area contributed by atoms with Crippen molar-refractivity contribution in [3.63, 3.8) is 0 Å². The molecular formula is C34H30F3N3O5S. The number of thioether (sulfide) groups is 1. The van der Waals surface area contributed by atoms with Crippen molar-refractivity contribution in [3.8, 4) is 11.5 Å². The summed E-state index contributed by atoms with van der Waals surface area (Å²) in [5, 5.41) is 7.27. The number of alkyl halides is 3. The number of hydrogen-bond donors (Lipinski definition) is 3.